The second-order valence-electron chi connectivity index (χ2n) is 16.1. The van der Waals surface area contributed by atoms with Crippen molar-refractivity contribution in [3.05, 3.63) is 132 Å². The maximum absolute atomic E-state index is 13.1. The van der Waals surface area contributed by atoms with Crippen molar-refractivity contribution < 1.29 is 38.7 Å². The summed E-state index contributed by atoms with van der Waals surface area (Å²) in [6, 6.07) is 10.6. The van der Waals surface area contributed by atoms with Crippen LogP contribution in [-0.2, 0) is 40.2 Å². The average molecular weight is 869 g/mol. The van der Waals surface area contributed by atoms with Gasteiger partial charge in [0, 0.05) is 98.5 Å². The number of carbonyl (C=O) groups excluding carboxylic acids is 2. The Kier molecular flexibility index (Phi) is 10.9. The molecule has 328 valence electrons. The van der Waals surface area contributed by atoms with E-state index >= 15 is 0 Å². The van der Waals surface area contributed by atoms with E-state index in [1.54, 1.807) is 70.8 Å². The van der Waals surface area contributed by atoms with Gasteiger partial charge < -0.3 is 39.8 Å². The van der Waals surface area contributed by atoms with Crippen molar-refractivity contribution in [3.8, 4) is 23.0 Å². The Labute approximate surface area is 365 Å². The first-order chi connectivity index (χ1) is 30.9. The molecular formula is C44H44N12O8. The van der Waals surface area contributed by atoms with Crippen LogP contribution in [0.3, 0.4) is 0 Å². The van der Waals surface area contributed by atoms with Crippen LogP contribution in [0, 0.1) is 0 Å². The van der Waals surface area contributed by atoms with Crippen molar-refractivity contribution in [3.63, 3.8) is 0 Å². The number of aromatic nitrogens is 10. The summed E-state index contributed by atoms with van der Waals surface area (Å²) >= 11 is 0. The molecule has 6 aromatic heterocycles. The number of anilines is 2. The van der Waals surface area contributed by atoms with Crippen LogP contribution in [0.4, 0.5) is 11.4 Å². The van der Waals surface area contributed by atoms with E-state index in [1.165, 1.54) is 21.4 Å². The molecule has 2 atom stereocenters. The highest BCUT2D eigenvalue weighted by molar-refractivity contribution is 6.09. The lowest BCUT2D eigenvalue weighted by Gasteiger charge is -2.20. The van der Waals surface area contributed by atoms with E-state index in [4.69, 9.17) is 18.9 Å². The molecule has 8 heterocycles. The number of benzene rings is 2. The molecule has 0 saturated carbocycles. The molecule has 8 aromatic rings. The number of hydrogen-bond acceptors (Lipinski definition) is 14. The highest BCUT2D eigenvalue weighted by atomic mass is 16.5. The van der Waals surface area contributed by atoms with Crippen LogP contribution >= 0.6 is 0 Å². The Bertz CT molecular complexity index is 2830. The molecule has 0 fully saturated rings. The van der Waals surface area contributed by atoms with Crippen LogP contribution in [0.15, 0.2) is 98.4 Å². The van der Waals surface area contributed by atoms with Gasteiger partial charge in [-0.2, -0.15) is 20.4 Å². The lowest BCUT2D eigenvalue weighted by Crippen LogP contribution is -2.34. The van der Waals surface area contributed by atoms with Gasteiger partial charge in [0.1, 0.15) is 58.5 Å². The summed E-state index contributed by atoms with van der Waals surface area (Å²) in [6.07, 6.45) is 17.8. The SMILES string of the molecule is Cn1cc(COc2cc3c(cc2NC(=O)c2cnn4cccnc24)C[C@@](C)(CO)O3)cn1.Cn1cc(COc2cc3c(cc2NC(=O)c2cnn4cccnc24)C[C@](C)(CO)O3)cn1. The van der Waals surface area contributed by atoms with Crippen molar-refractivity contribution in [2.75, 3.05) is 23.8 Å². The van der Waals surface area contributed by atoms with Crippen LogP contribution in [-0.4, -0.2) is 95.2 Å². The standard InChI is InChI=1S/2C22H22N6O4/c2*1-22(13-29)8-15-6-17(26-21(30)16-10-25-28-5-3-4-23-20(16)28)19(7-18(15)32-22)31-12-14-9-24-27(2)11-14/h2*3-7,9-11,29H,8,12-13H2,1-2H3,(H,26,30)/t2*22-/m10/s1. The number of aliphatic hydroxyl groups excluding tert-OH is 2. The number of nitrogens with zero attached hydrogens (tertiary/aromatic N) is 10. The minimum Gasteiger partial charge on any atom is -0.486 e. The zero-order valence-electron chi connectivity index (χ0n) is 35.3. The van der Waals surface area contributed by atoms with E-state index < -0.39 is 11.2 Å². The van der Waals surface area contributed by atoms with Gasteiger partial charge in [0.15, 0.2) is 11.3 Å². The molecule has 2 amide bonds. The van der Waals surface area contributed by atoms with Gasteiger partial charge in [-0.3, -0.25) is 19.0 Å². The number of aliphatic hydroxyl groups is 2. The van der Waals surface area contributed by atoms with Gasteiger partial charge in [0.2, 0.25) is 0 Å². The van der Waals surface area contributed by atoms with Gasteiger partial charge in [0.05, 0.1) is 49.4 Å². The number of rotatable bonds is 12. The lowest BCUT2D eigenvalue weighted by molar-refractivity contribution is 0.0444. The summed E-state index contributed by atoms with van der Waals surface area (Å²) in [7, 11) is 3.66. The van der Waals surface area contributed by atoms with Gasteiger partial charge >= 0.3 is 0 Å². The Morgan fingerprint density at radius 3 is 1.50 bits per heavy atom. The summed E-state index contributed by atoms with van der Waals surface area (Å²) in [6.45, 7) is 3.97. The van der Waals surface area contributed by atoms with Crippen molar-refractivity contribution >= 4 is 34.5 Å². The molecule has 10 rings (SSSR count). The number of hydrogen-bond donors (Lipinski definition) is 4. The average Bonchev–Trinajstić information content (AvgIpc) is 4.16. The maximum Gasteiger partial charge on any atom is 0.261 e. The van der Waals surface area contributed by atoms with E-state index in [2.05, 4.69) is 41.0 Å². The van der Waals surface area contributed by atoms with Gasteiger partial charge in [-0.15, -0.1) is 0 Å². The lowest BCUT2D eigenvalue weighted by atomic mass is 10.00. The van der Waals surface area contributed by atoms with Crippen molar-refractivity contribution in [1.82, 2.24) is 48.8 Å². The van der Waals surface area contributed by atoms with Crippen LogP contribution in [0.1, 0.15) is 56.8 Å². The van der Waals surface area contributed by atoms with E-state index in [0.29, 0.717) is 69.6 Å². The van der Waals surface area contributed by atoms with E-state index in [0.717, 1.165) is 22.3 Å². The molecule has 2 aliphatic heterocycles. The minimum absolute atomic E-state index is 0.122. The van der Waals surface area contributed by atoms with Gasteiger partial charge in [-0.1, -0.05) is 0 Å². The predicted octanol–water partition coefficient (Wildman–Crippen LogP) is 3.96. The summed E-state index contributed by atoms with van der Waals surface area (Å²) in [4.78, 5) is 34.6. The number of aryl methyl sites for hydroxylation is 2. The number of ether oxygens (including phenoxy) is 4. The van der Waals surface area contributed by atoms with E-state index in [-0.39, 0.29) is 38.2 Å². The van der Waals surface area contributed by atoms with Crippen LogP contribution < -0.4 is 29.6 Å². The van der Waals surface area contributed by atoms with Crippen LogP contribution in [0.5, 0.6) is 23.0 Å². The molecule has 64 heavy (non-hydrogen) atoms. The fourth-order valence-electron chi connectivity index (χ4n) is 7.47. The van der Waals surface area contributed by atoms with Crippen molar-refractivity contribution in [1.29, 1.82) is 0 Å². The third-order valence-corrected chi connectivity index (χ3v) is 10.7. The molecule has 20 nitrogen and oxygen atoms in total. The van der Waals surface area contributed by atoms with Crippen molar-refractivity contribution in [2.24, 2.45) is 14.1 Å². The molecule has 0 radical (unpaired) electrons. The molecule has 0 saturated heterocycles. The zero-order chi connectivity index (χ0) is 44.6. The normalized spacial score (nSPS) is 17.2. The fourth-order valence-corrected chi connectivity index (χ4v) is 7.47. The molecule has 2 aliphatic rings. The Morgan fingerprint density at radius 1 is 0.672 bits per heavy atom. The highest BCUT2D eigenvalue weighted by Crippen LogP contribution is 2.43. The summed E-state index contributed by atoms with van der Waals surface area (Å²) in [5.41, 5.74) is 4.72. The van der Waals surface area contributed by atoms with Crippen molar-refractivity contribution in [2.45, 2.75) is 51.1 Å². The molecule has 2 aromatic carbocycles. The smallest absolute Gasteiger partial charge is 0.261 e. The largest absolute Gasteiger partial charge is 0.486 e. The summed E-state index contributed by atoms with van der Waals surface area (Å²) < 4.78 is 30.4. The predicted molar refractivity (Wildman–Crippen MR) is 229 cm³/mol. The summed E-state index contributed by atoms with van der Waals surface area (Å²) in [5, 5.41) is 41.9. The van der Waals surface area contributed by atoms with E-state index in [1.807, 2.05) is 52.5 Å². The van der Waals surface area contributed by atoms with Gasteiger partial charge in [-0.25, -0.2) is 19.0 Å². The first kappa shape index (κ1) is 41.5. The second kappa shape index (κ2) is 16.8. The number of fused-ring (bicyclic) bond motifs is 4. The third kappa shape index (κ3) is 8.50. The minimum atomic E-state index is -0.710. The highest BCUT2D eigenvalue weighted by Gasteiger charge is 2.37. The first-order valence-corrected chi connectivity index (χ1v) is 20.2. The Morgan fingerprint density at radius 2 is 1.11 bits per heavy atom. The zero-order valence-corrected chi connectivity index (χ0v) is 35.3. The Hall–Kier alpha value is -7.84. The maximum atomic E-state index is 13.1. The second-order valence-corrected chi connectivity index (χ2v) is 16.1. The quantitative estimate of drug-likeness (QED) is 0.136. The van der Waals surface area contributed by atoms with Crippen LogP contribution in [0.25, 0.3) is 11.3 Å². The summed E-state index contributed by atoms with van der Waals surface area (Å²) in [5.74, 6) is 1.44. The molecule has 0 unspecified atom stereocenters. The molecular weight excluding hydrogens is 825 g/mol. The number of carbonyl (C=O) groups is 2. The van der Waals surface area contributed by atoms with Crippen LogP contribution in [0.2, 0.25) is 0 Å². The Balaban J connectivity index is 0.000000162. The molecule has 4 N–H and O–H groups in total. The molecule has 0 aliphatic carbocycles. The third-order valence-electron chi connectivity index (χ3n) is 10.7. The molecule has 0 spiro atoms. The monoisotopic (exact) mass is 868 g/mol. The van der Waals surface area contributed by atoms with Gasteiger partial charge in [-0.05, 0) is 38.1 Å². The molecule has 20 heteroatoms. The molecule has 0 bridgehead atoms. The van der Waals surface area contributed by atoms with Gasteiger partial charge in [0.25, 0.3) is 11.8 Å². The number of nitrogens with one attached hydrogen (secondary N) is 2. The van der Waals surface area contributed by atoms with E-state index in [9.17, 15) is 19.8 Å². The topological polar surface area (TPSA) is 232 Å². The fraction of sp³-hybridized carbons (Fsp3) is 0.273. The first-order valence-electron chi connectivity index (χ1n) is 20.2. The number of amides is 2.